The lowest BCUT2D eigenvalue weighted by molar-refractivity contribution is -0.123. The van der Waals surface area contributed by atoms with Gasteiger partial charge in [-0.1, -0.05) is 0 Å². The van der Waals surface area contributed by atoms with Crippen molar-refractivity contribution in [1.82, 2.24) is 16.2 Å². The highest BCUT2D eigenvalue weighted by molar-refractivity contribution is 7.12. The van der Waals surface area contributed by atoms with Crippen LogP contribution in [0.15, 0.2) is 30.3 Å². The van der Waals surface area contributed by atoms with Crippen LogP contribution in [0, 0.1) is 18.6 Å². The van der Waals surface area contributed by atoms with Crippen LogP contribution in [-0.4, -0.2) is 11.9 Å². The third-order valence-electron chi connectivity index (χ3n) is 3.79. The number of hydrogen-bond acceptors (Lipinski definition) is 4. The van der Waals surface area contributed by atoms with Crippen molar-refractivity contribution in [2.45, 2.75) is 32.0 Å². The van der Waals surface area contributed by atoms with E-state index >= 15 is 0 Å². The summed E-state index contributed by atoms with van der Waals surface area (Å²) < 4.78 is 26.7. The molecule has 1 saturated heterocycles. The van der Waals surface area contributed by atoms with Gasteiger partial charge in [0, 0.05) is 21.9 Å². The maximum absolute atomic E-state index is 13.5. The summed E-state index contributed by atoms with van der Waals surface area (Å²) in [7, 11) is 0. The van der Waals surface area contributed by atoms with E-state index in [0.29, 0.717) is 6.42 Å². The molecule has 0 radical (unpaired) electrons. The molecule has 0 spiro atoms. The normalized spacial score (nSPS) is 20.7. The molecule has 1 aliphatic rings. The van der Waals surface area contributed by atoms with Crippen LogP contribution in [0.4, 0.5) is 8.78 Å². The number of amides is 1. The van der Waals surface area contributed by atoms with Crippen molar-refractivity contribution in [3.05, 3.63) is 57.3 Å². The van der Waals surface area contributed by atoms with E-state index in [1.165, 1.54) is 9.75 Å². The topological polar surface area (TPSA) is 53.2 Å². The predicted octanol–water partition coefficient (Wildman–Crippen LogP) is 2.56. The van der Waals surface area contributed by atoms with Gasteiger partial charge >= 0.3 is 0 Å². The second-order valence-electron chi connectivity index (χ2n) is 5.53. The molecule has 0 saturated carbocycles. The Bertz CT molecular complexity index is 719. The first kappa shape index (κ1) is 16.0. The van der Waals surface area contributed by atoms with Gasteiger partial charge in [-0.2, -0.15) is 0 Å². The van der Waals surface area contributed by atoms with Gasteiger partial charge in [0.05, 0.1) is 6.04 Å². The third kappa shape index (κ3) is 3.74. The molecule has 4 nitrogen and oxygen atoms in total. The second-order valence-corrected chi connectivity index (χ2v) is 6.85. The van der Waals surface area contributed by atoms with Gasteiger partial charge < -0.3 is 5.32 Å². The third-order valence-corrected chi connectivity index (χ3v) is 4.90. The van der Waals surface area contributed by atoms with Crippen LogP contribution in [0.5, 0.6) is 0 Å². The Balaban J connectivity index is 1.56. The van der Waals surface area contributed by atoms with Gasteiger partial charge in [0.15, 0.2) is 0 Å². The van der Waals surface area contributed by atoms with E-state index in [2.05, 4.69) is 16.2 Å². The summed E-state index contributed by atoms with van der Waals surface area (Å²) in [6, 6.07) is 6.96. The molecule has 1 amide bonds. The molecular formula is C16H17F2N3OS. The van der Waals surface area contributed by atoms with Crippen molar-refractivity contribution < 1.29 is 13.6 Å². The van der Waals surface area contributed by atoms with Crippen molar-refractivity contribution in [2.75, 3.05) is 0 Å². The van der Waals surface area contributed by atoms with Gasteiger partial charge in [-0.3, -0.25) is 4.79 Å². The number of nitrogens with one attached hydrogen (secondary N) is 3. The summed E-state index contributed by atoms with van der Waals surface area (Å²) in [6.07, 6.45) is 0.609. The lowest BCUT2D eigenvalue weighted by Gasteiger charge is -2.11. The molecule has 23 heavy (non-hydrogen) atoms. The molecule has 3 rings (SSSR count). The smallest absolute Gasteiger partial charge is 0.238 e. The molecule has 7 heteroatoms. The molecule has 0 aliphatic carbocycles. The van der Waals surface area contributed by atoms with E-state index in [0.717, 1.165) is 18.2 Å². The van der Waals surface area contributed by atoms with Crippen molar-refractivity contribution in [3.8, 4) is 0 Å². The number of carbonyl (C=O) groups excluding carboxylic acids is 1. The lowest BCUT2D eigenvalue weighted by atomic mass is 10.1. The highest BCUT2D eigenvalue weighted by Crippen LogP contribution is 2.28. The van der Waals surface area contributed by atoms with E-state index in [1.807, 2.05) is 19.1 Å². The van der Waals surface area contributed by atoms with E-state index in [4.69, 9.17) is 0 Å². The fourth-order valence-electron chi connectivity index (χ4n) is 2.54. The zero-order valence-corrected chi connectivity index (χ0v) is 13.3. The molecule has 2 heterocycles. The minimum absolute atomic E-state index is 0.0383. The van der Waals surface area contributed by atoms with Gasteiger partial charge in [-0.25, -0.2) is 19.6 Å². The first-order chi connectivity index (χ1) is 11.0. The quantitative estimate of drug-likeness (QED) is 0.804. The largest absolute Gasteiger partial charge is 0.351 e. The van der Waals surface area contributed by atoms with Crippen LogP contribution in [0.2, 0.25) is 0 Å². The van der Waals surface area contributed by atoms with Crippen molar-refractivity contribution in [3.63, 3.8) is 0 Å². The van der Waals surface area contributed by atoms with Crippen LogP contribution in [-0.2, 0) is 11.3 Å². The lowest BCUT2D eigenvalue weighted by Crippen LogP contribution is -2.42. The molecule has 1 aromatic heterocycles. The maximum atomic E-state index is 13.5. The summed E-state index contributed by atoms with van der Waals surface area (Å²) >= 11 is 1.69. The minimum Gasteiger partial charge on any atom is -0.351 e. The first-order valence-corrected chi connectivity index (χ1v) is 8.13. The van der Waals surface area contributed by atoms with Gasteiger partial charge in [0.25, 0.3) is 0 Å². The summed E-state index contributed by atoms with van der Waals surface area (Å²) in [5.41, 5.74) is 6.19. The number of hydrazine groups is 1. The zero-order valence-electron chi connectivity index (χ0n) is 12.5. The van der Waals surface area contributed by atoms with Crippen molar-refractivity contribution in [2.24, 2.45) is 0 Å². The Labute approximate surface area is 136 Å². The first-order valence-electron chi connectivity index (χ1n) is 7.32. The highest BCUT2D eigenvalue weighted by Gasteiger charge is 2.30. The van der Waals surface area contributed by atoms with E-state index in [9.17, 15) is 13.6 Å². The fraction of sp³-hybridized carbons (Fsp3) is 0.312. The number of benzene rings is 1. The Hall–Kier alpha value is -1.83. The molecule has 1 aliphatic heterocycles. The summed E-state index contributed by atoms with van der Waals surface area (Å²) in [5.74, 6) is -1.29. The zero-order chi connectivity index (χ0) is 16.4. The monoisotopic (exact) mass is 337 g/mol. The van der Waals surface area contributed by atoms with Gasteiger partial charge in [-0.05, 0) is 43.7 Å². The minimum atomic E-state index is -0.531. The van der Waals surface area contributed by atoms with Crippen molar-refractivity contribution >= 4 is 17.2 Å². The molecule has 3 N–H and O–H groups in total. The molecular weight excluding hydrogens is 320 g/mol. The Morgan fingerprint density at radius 3 is 2.87 bits per heavy atom. The summed E-state index contributed by atoms with van der Waals surface area (Å²) in [6.45, 7) is 2.00. The van der Waals surface area contributed by atoms with Crippen LogP contribution in [0.3, 0.4) is 0 Å². The maximum Gasteiger partial charge on any atom is 0.238 e. The summed E-state index contributed by atoms with van der Waals surface area (Å²) in [5, 5.41) is 2.64. The van der Waals surface area contributed by atoms with Gasteiger partial charge in [0.2, 0.25) is 5.91 Å². The Morgan fingerprint density at radius 1 is 1.30 bits per heavy atom. The SMILES string of the molecule is Cc1ccc(C2CC(C(=O)NCc3cc(F)ccc3F)NN2)s1. The van der Waals surface area contributed by atoms with E-state index in [-0.39, 0.29) is 24.1 Å². The number of aryl methyl sites for hydroxylation is 1. The van der Waals surface area contributed by atoms with E-state index < -0.39 is 17.7 Å². The average molecular weight is 337 g/mol. The number of thiophene rings is 1. The highest BCUT2D eigenvalue weighted by atomic mass is 32.1. The Kier molecular flexibility index (Phi) is 4.70. The second kappa shape index (κ2) is 6.74. The molecule has 2 atom stereocenters. The Morgan fingerprint density at radius 2 is 2.13 bits per heavy atom. The standard InChI is InChI=1S/C16H17F2N3OS/c1-9-2-5-15(23-9)13-7-14(21-20-13)16(22)19-8-10-6-11(17)3-4-12(10)18/h2-6,13-14,20-21H,7-8H2,1H3,(H,19,22). The number of rotatable bonds is 4. The van der Waals surface area contributed by atoms with Gasteiger partial charge in [0.1, 0.15) is 17.7 Å². The number of halogens is 2. The van der Waals surface area contributed by atoms with E-state index in [1.54, 1.807) is 11.3 Å². The summed E-state index contributed by atoms with van der Waals surface area (Å²) in [4.78, 5) is 14.6. The predicted molar refractivity (Wildman–Crippen MR) is 84.7 cm³/mol. The fourth-order valence-corrected chi connectivity index (χ4v) is 3.48. The molecule has 1 fully saturated rings. The van der Waals surface area contributed by atoms with Crippen LogP contribution in [0.1, 0.15) is 27.8 Å². The van der Waals surface area contributed by atoms with Crippen LogP contribution < -0.4 is 16.2 Å². The molecule has 2 aromatic rings. The van der Waals surface area contributed by atoms with Crippen LogP contribution >= 0.6 is 11.3 Å². The number of carbonyl (C=O) groups is 1. The van der Waals surface area contributed by atoms with Gasteiger partial charge in [-0.15, -0.1) is 11.3 Å². The molecule has 1 aromatic carbocycles. The van der Waals surface area contributed by atoms with Crippen molar-refractivity contribution in [1.29, 1.82) is 0 Å². The molecule has 2 unspecified atom stereocenters. The molecule has 0 bridgehead atoms. The average Bonchev–Trinajstić information content (AvgIpc) is 3.16. The number of hydrogen-bond donors (Lipinski definition) is 3. The molecule has 122 valence electrons. The van der Waals surface area contributed by atoms with Crippen LogP contribution in [0.25, 0.3) is 0 Å².